The molecule has 8 heteroatoms. The Labute approximate surface area is 165 Å². The van der Waals surface area contributed by atoms with E-state index in [1.807, 2.05) is 24.3 Å². The largest absolute Gasteiger partial charge is 0.454 e. The molecule has 0 aliphatic rings. The molecule has 0 radical (unpaired) electrons. The summed E-state index contributed by atoms with van der Waals surface area (Å²) in [6, 6.07) is 15.6. The average Bonchev–Trinajstić information content (AvgIpc) is 3.36. The van der Waals surface area contributed by atoms with E-state index in [0.717, 1.165) is 16.5 Å². The van der Waals surface area contributed by atoms with Gasteiger partial charge in [-0.2, -0.15) is 0 Å². The molecule has 0 bridgehead atoms. The van der Waals surface area contributed by atoms with Crippen LogP contribution in [0.2, 0.25) is 0 Å². The number of amides is 2. The highest BCUT2D eigenvalue weighted by Crippen LogP contribution is 2.17. The van der Waals surface area contributed by atoms with E-state index in [4.69, 9.17) is 4.42 Å². The van der Waals surface area contributed by atoms with E-state index in [1.54, 1.807) is 30.6 Å². The zero-order valence-corrected chi connectivity index (χ0v) is 15.3. The second kappa shape index (κ2) is 7.89. The number of nitrogens with zero attached hydrogens (tertiary/aromatic N) is 1. The molecule has 2 amide bonds. The van der Waals surface area contributed by atoms with E-state index in [2.05, 4.69) is 15.8 Å². The number of furan rings is 1. The van der Waals surface area contributed by atoms with E-state index >= 15 is 0 Å². The zero-order valence-electron chi connectivity index (χ0n) is 15.3. The molecule has 0 aliphatic carbocycles. The molecule has 3 aromatic heterocycles. The topological polar surface area (TPSA) is 109 Å². The fourth-order valence-electron chi connectivity index (χ4n) is 3.03. The Morgan fingerprint density at radius 2 is 1.83 bits per heavy atom. The number of benzene rings is 1. The van der Waals surface area contributed by atoms with Gasteiger partial charge in [-0.3, -0.25) is 25.2 Å². The molecular weight excluding hydrogens is 372 g/mol. The molecule has 0 atom stereocenters. The number of nitrogens with one attached hydrogen (secondary N) is 3. The van der Waals surface area contributed by atoms with Crippen molar-refractivity contribution in [2.75, 3.05) is 0 Å². The Bertz CT molecular complexity index is 1230. The number of H-pyrrole nitrogens is 1. The second-order valence-corrected chi connectivity index (χ2v) is 6.47. The van der Waals surface area contributed by atoms with Crippen molar-refractivity contribution in [3.8, 4) is 0 Å². The van der Waals surface area contributed by atoms with Gasteiger partial charge in [-0.05, 0) is 29.8 Å². The number of aromatic nitrogens is 2. The van der Waals surface area contributed by atoms with Gasteiger partial charge in [0.05, 0.1) is 13.0 Å². The first kappa shape index (κ1) is 18.3. The molecule has 0 fully saturated rings. The number of para-hydroxylation sites is 1. The van der Waals surface area contributed by atoms with Crippen molar-refractivity contribution >= 4 is 22.7 Å². The lowest BCUT2D eigenvalue weighted by molar-refractivity contribution is -0.121. The SMILES string of the molecule is O=C(Cc1c[nH]c2ccccc12)NNC(=O)c1ccc(Cn2ccccc2=O)o1. The summed E-state index contributed by atoms with van der Waals surface area (Å²) in [6.45, 7) is 0.208. The number of hydrogen-bond acceptors (Lipinski definition) is 4. The Balaban J connectivity index is 1.34. The summed E-state index contributed by atoms with van der Waals surface area (Å²) in [5.41, 5.74) is 6.33. The third-order valence-electron chi connectivity index (χ3n) is 4.45. The summed E-state index contributed by atoms with van der Waals surface area (Å²) < 4.78 is 6.93. The quantitative estimate of drug-likeness (QED) is 0.453. The van der Waals surface area contributed by atoms with E-state index in [0.29, 0.717) is 5.76 Å². The maximum absolute atomic E-state index is 12.2. The van der Waals surface area contributed by atoms with E-state index in [1.165, 1.54) is 16.7 Å². The molecule has 0 saturated carbocycles. The average molecular weight is 390 g/mol. The van der Waals surface area contributed by atoms with Gasteiger partial charge in [-0.25, -0.2) is 0 Å². The molecule has 0 saturated heterocycles. The summed E-state index contributed by atoms with van der Waals surface area (Å²) in [5, 5.41) is 0.959. The lowest BCUT2D eigenvalue weighted by Gasteiger charge is -2.06. The number of carbonyl (C=O) groups is 2. The normalized spacial score (nSPS) is 10.8. The first-order valence-corrected chi connectivity index (χ1v) is 8.98. The van der Waals surface area contributed by atoms with E-state index in [-0.39, 0.29) is 30.2 Å². The van der Waals surface area contributed by atoms with Gasteiger partial charge < -0.3 is 14.0 Å². The Morgan fingerprint density at radius 1 is 1.00 bits per heavy atom. The zero-order chi connectivity index (χ0) is 20.2. The lowest BCUT2D eigenvalue weighted by atomic mass is 10.1. The first-order chi connectivity index (χ1) is 14.1. The third kappa shape index (κ3) is 4.11. The van der Waals surface area contributed by atoms with Crippen molar-refractivity contribution in [1.29, 1.82) is 0 Å². The van der Waals surface area contributed by atoms with Gasteiger partial charge in [-0.15, -0.1) is 0 Å². The number of hydrogen-bond donors (Lipinski definition) is 3. The smallest absolute Gasteiger partial charge is 0.305 e. The van der Waals surface area contributed by atoms with E-state index < -0.39 is 5.91 Å². The number of fused-ring (bicyclic) bond motifs is 1. The van der Waals surface area contributed by atoms with Gasteiger partial charge in [0.15, 0.2) is 5.76 Å². The van der Waals surface area contributed by atoms with Gasteiger partial charge in [0.25, 0.3) is 5.56 Å². The van der Waals surface area contributed by atoms with Crippen LogP contribution in [0.15, 0.2) is 76.2 Å². The Morgan fingerprint density at radius 3 is 2.69 bits per heavy atom. The summed E-state index contributed by atoms with van der Waals surface area (Å²) >= 11 is 0. The molecule has 0 spiro atoms. The monoisotopic (exact) mass is 390 g/mol. The molecule has 146 valence electrons. The standard InChI is InChI=1S/C21H18N4O4/c26-19(11-14-12-22-17-6-2-1-5-16(14)17)23-24-21(28)18-9-8-15(29-18)13-25-10-4-3-7-20(25)27/h1-10,12,22H,11,13H2,(H,23,26)(H,24,28). The number of pyridine rings is 1. The second-order valence-electron chi connectivity index (χ2n) is 6.47. The van der Waals surface area contributed by atoms with Crippen LogP contribution in [0.3, 0.4) is 0 Å². The molecule has 29 heavy (non-hydrogen) atoms. The highest BCUT2D eigenvalue weighted by Gasteiger charge is 2.14. The van der Waals surface area contributed by atoms with Gasteiger partial charge in [0.2, 0.25) is 5.91 Å². The minimum absolute atomic E-state index is 0.0383. The molecular formula is C21H18N4O4. The molecule has 1 aromatic carbocycles. The van der Waals surface area contributed by atoms with Crippen LogP contribution in [0.4, 0.5) is 0 Å². The van der Waals surface area contributed by atoms with Gasteiger partial charge in [0, 0.05) is 29.4 Å². The van der Waals surface area contributed by atoms with Gasteiger partial charge in [0.1, 0.15) is 5.76 Å². The lowest BCUT2D eigenvalue weighted by Crippen LogP contribution is -2.42. The van der Waals surface area contributed by atoms with Crippen molar-refractivity contribution < 1.29 is 14.0 Å². The number of rotatable bonds is 5. The fourth-order valence-corrected chi connectivity index (χ4v) is 3.03. The van der Waals surface area contributed by atoms with Crippen molar-refractivity contribution in [2.24, 2.45) is 0 Å². The Hall–Kier alpha value is -4.07. The minimum Gasteiger partial charge on any atom is -0.454 e. The van der Waals surface area contributed by atoms with Crippen LogP contribution < -0.4 is 16.4 Å². The van der Waals surface area contributed by atoms with Crippen LogP contribution in [0.5, 0.6) is 0 Å². The highest BCUT2D eigenvalue weighted by molar-refractivity contribution is 5.94. The summed E-state index contributed by atoms with van der Waals surface area (Å²) in [6.07, 6.45) is 3.52. The van der Waals surface area contributed by atoms with Gasteiger partial charge in [-0.1, -0.05) is 24.3 Å². The molecule has 3 heterocycles. The van der Waals surface area contributed by atoms with Crippen molar-refractivity contribution in [2.45, 2.75) is 13.0 Å². The number of aromatic amines is 1. The molecule has 8 nitrogen and oxygen atoms in total. The van der Waals surface area contributed by atoms with Crippen molar-refractivity contribution in [3.63, 3.8) is 0 Å². The molecule has 4 rings (SSSR count). The molecule has 4 aromatic rings. The molecule has 0 aliphatic heterocycles. The highest BCUT2D eigenvalue weighted by atomic mass is 16.4. The number of hydrazine groups is 1. The predicted octanol–water partition coefficient (Wildman–Crippen LogP) is 1.97. The third-order valence-corrected chi connectivity index (χ3v) is 4.45. The Kier molecular flexibility index (Phi) is 4.98. The summed E-state index contributed by atoms with van der Waals surface area (Å²) in [5.74, 6) is -0.445. The van der Waals surface area contributed by atoms with Crippen molar-refractivity contribution in [3.05, 3.63) is 94.4 Å². The van der Waals surface area contributed by atoms with Crippen LogP contribution in [0, 0.1) is 0 Å². The van der Waals surface area contributed by atoms with Crippen LogP contribution >= 0.6 is 0 Å². The first-order valence-electron chi connectivity index (χ1n) is 8.98. The van der Waals surface area contributed by atoms with Gasteiger partial charge >= 0.3 is 5.91 Å². The van der Waals surface area contributed by atoms with Crippen molar-refractivity contribution in [1.82, 2.24) is 20.4 Å². The fraction of sp³-hybridized carbons (Fsp3) is 0.0952. The molecule has 0 unspecified atom stereocenters. The minimum atomic E-state index is -0.580. The summed E-state index contributed by atoms with van der Waals surface area (Å²) in [7, 11) is 0. The number of carbonyl (C=O) groups excluding carboxylic acids is 2. The van der Waals surface area contributed by atoms with Crippen LogP contribution in [0.1, 0.15) is 21.9 Å². The summed E-state index contributed by atoms with van der Waals surface area (Å²) in [4.78, 5) is 39.2. The van der Waals surface area contributed by atoms with E-state index in [9.17, 15) is 14.4 Å². The maximum Gasteiger partial charge on any atom is 0.305 e. The molecule has 3 N–H and O–H groups in total. The van der Waals surface area contributed by atoms with Crippen LogP contribution in [0.25, 0.3) is 10.9 Å². The maximum atomic E-state index is 12.2. The predicted molar refractivity (Wildman–Crippen MR) is 106 cm³/mol. The van der Waals surface area contributed by atoms with Crippen LogP contribution in [-0.4, -0.2) is 21.4 Å². The van der Waals surface area contributed by atoms with Crippen LogP contribution in [-0.2, 0) is 17.8 Å².